The molecule has 0 atom stereocenters. The standard InChI is InChI=1S/C10H9F3N.Ac/c1-2-9(14)7-3-5-8(6-4-7)10(11,12)13;/h2-6,14H,1H3;/q-1;/b9-2+;. The van der Waals surface area contributed by atoms with Crippen LogP contribution in [0.2, 0.25) is 0 Å². The van der Waals surface area contributed by atoms with E-state index in [1.165, 1.54) is 18.2 Å². The average molecular weight is 427 g/mol. The summed E-state index contributed by atoms with van der Waals surface area (Å²) < 4.78 is 36.4. The Balaban J connectivity index is 0.00000196. The molecular formula is C10H9AcF3N-. The molecular weight excluding hydrogens is 418 g/mol. The monoisotopic (exact) mass is 427 g/mol. The van der Waals surface area contributed by atoms with E-state index >= 15 is 0 Å². The normalized spacial score (nSPS) is 12.1. The van der Waals surface area contributed by atoms with E-state index in [9.17, 15) is 13.2 Å². The zero-order valence-corrected chi connectivity index (χ0v) is 12.8. The van der Waals surface area contributed by atoms with E-state index in [4.69, 9.17) is 5.73 Å². The van der Waals surface area contributed by atoms with E-state index in [1.807, 2.05) is 0 Å². The molecule has 1 N–H and O–H groups in total. The van der Waals surface area contributed by atoms with Gasteiger partial charge in [0.25, 0.3) is 0 Å². The molecule has 0 saturated carbocycles. The zero-order chi connectivity index (χ0) is 10.8. The minimum atomic E-state index is -4.31. The van der Waals surface area contributed by atoms with Crippen molar-refractivity contribution in [1.82, 2.24) is 0 Å². The maximum Gasteiger partial charge on any atom is 0.416 e. The Morgan fingerprint density at radius 1 is 1.20 bits per heavy atom. The number of nitrogens with one attached hydrogen (secondary N) is 1. The Morgan fingerprint density at radius 3 is 2.00 bits per heavy atom. The van der Waals surface area contributed by atoms with Crippen molar-refractivity contribution in [1.29, 1.82) is 0 Å². The Labute approximate surface area is 122 Å². The summed E-state index contributed by atoms with van der Waals surface area (Å²) in [6.45, 7) is 1.67. The largest absolute Gasteiger partial charge is 0.699 e. The number of halogens is 3. The van der Waals surface area contributed by atoms with Crippen LogP contribution in [0.4, 0.5) is 13.2 Å². The van der Waals surface area contributed by atoms with Gasteiger partial charge in [0.2, 0.25) is 0 Å². The van der Waals surface area contributed by atoms with Crippen molar-refractivity contribution >= 4 is 5.70 Å². The topological polar surface area (TPSA) is 23.8 Å². The predicted octanol–water partition coefficient (Wildman–Crippen LogP) is 4.12. The summed E-state index contributed by atoms with van der Waals surface area (Å²) >= 11 is 0. The van der Waals surface area contributed by atoms with E-state index in [2.05, 4.69) is 0 Å². The number of hydrogen-bond donors (Lipinski definition) is 0. The maximum absolute atomic E-state index is 12.1. The van der Waals surface area contributed by atoms with Gasteiger partial charge in [-0.3, -0.25) is 0 Å². The molecule has 5 heteroatoms. The minimum absolute atomic E-state index is 0. The average Bonchev–Trinajstić information content (AvgIpc) is 2.15. The van der Waals surface area contributed by atoms with Gasteiger partial charge in [-0.2, -0.15) is 13.2 Å². The Kier molecular flexibility index (Phi) is 5.91. The molecule has 1 rings (SSSR count). The third kappa shape index (κ3) is 4.16. The second-order valence-corrected chi connectivity index (χ2v) is 2.78. The number of benzene rings is 1. The van der Waals surface area contributed by atoms with Crippen LogP contribution in [0.3, 0.4) is 0 Å². The first-order valence-corrected chi connectivity index (χ1v) is 4.00. The molecule has 0 saturated heterocycles. The molecule has 1 aromatic carbocycles. The molecule has 1 radical (unpaired) electrons. The molecule has 1 nitrogen and oxygen atoms in total. The van der Waals surface area contributed by atoms with Crippen LogP contribution in [-0.2, 0) is 6.18 Å². The summed E-state index contributed by atoms with van der Waals surface area (Å²) in [5.41, 5.74) is 7.39. The smallest absolute Gasteiger partial charge is 0.416 e. The second-order valence-electron chi connectivity index (χ2n) is 2.78. The Morgan fingerprint density at radius 2 is 1.67 bits per heavy atom. The number of alkyl halides is 3. The fourth-order valence-electron chi connectivity index (χ4n) is 1.01. The second kappa shape index (κ2) is 5.91. The van der Waals surface area contributed by atoms with Crippen LogP contribution in [-0.4, -0.2) is 0 Å². The SMILES string of the molecule is C/C=C(/[NH-])c1ccc(C(F)(F)F)cc1.[Ac]. The third-order valence-corrected chi connectivity index (χ3v) is 1.81. The van der Waals surface area contributed by atoms with Crippen LogP contribution in [0.15, 0.2) is 30.3 Å². The molecule has 0 fully saturated rings. The van der Waals surface area contributed by atoms with Crippen molar-refractivity contribution in [3.05, 3.63) is 47.2 Å². The van der Waals surface area contributed by atoms with Crippen molar-refractivity contribution in [2.45, 2.75) is 13.1 Å². The van der Waals surface area contributed by atoms with Crippen molar-refractivity contribution in [2.24, 2.45) is 0 Å². The van der Waals surface area contributed by atoms with Crippen LogP contribution in [0.25, 0.3) is 11.4 Å². The van der Waals surface area contributed by atoms with Gasteiger partial charge in [-0.1, -0.05) is 12.1 Å². The van der Waals surface area contributed by atoms with Gasteiger partial charge < -0.3 is 5.73 Å². The minimum Gasteiger partial charge on any atom is -0.699 e. The van der Waals surface area contributed by atoms with Crippen molar-refractivity contribution in [3.8, 4) is 0 Å². The van der Waals surface area contributed by atoms with Crippen LogP contribution < -0.4 is 0 Å². The maximum atomic E-state index is 12.1. The fraction of sp³-hybridized carbons (Fsp3) is 0.200. The summed E-state index contributed by atoms with van der Waals surface area (Å²) in [6, 6.07) is 4.55. The van der Waals surface area contributed by atoms with Gasteiger partial charge in [-0.05, 0) is 24.6 Å². The summed E-state index contributed by atoms with van der Waals surface area (Å²) in [7, 11) is 0. The van der Waals surface area contributed by atoms with Gasteiger partial charge in [0.05, 0.1) is 5.56 Å². The summed E-state index contributed by atoms with van der Waals surface area (Å²) in [5, 5.41) is 0. The fourth-order valence-corrected chi connectivity index (χ4v) is 1.01. The van der Waals surface area contributed by atoms with E-state index in [0.717, 1.165) is 12.1 Å². The number of rotatable bonds is 1. The van der Waals surface area contributed by atoms with E-state index in [1.54, 1.807) is 6.92 Å². The molecule has 0 bridgehead atoms. The first-order chi connectivity index (χ1) is 6.45. The van der Waals surface area contributed by atoms with E-state index in [0.29, 0.717) is 5.56 Å². The van der Waals surface area contributed by atoms with Crippen LogP contribution in [0.5, 0.6) is 0 Å². The molecule has 0 amide bonds. The van der Waals surface area contributed by atoms with Crippen LogP contribution in [0, 0.1) is 44.1 Å². The van der Waals surface area contributed by atoms with Crippen molar-refractivity contribution in [3.63, 3.8) is 0 Å². The van der Waals surface area contributed by atoms with Gasteiger partial charge in [0.15, 0.2) is 0 Å². The summed E-state index contributed by atoms with van der Waals surface area (Å²) in [6.07, 6.45) is -2.78. The Hall–Kier alpha value is -0.00844. The molecule has 0 unspecified atom stereocenters. The molecule has 0 aromatic heterocycles. The molecule has 0 aliphatic carbocycles. The van der Waals surface area contributed by atoms with Gasteiger partial charge >= 0.3 is 6.18 Å². The summed E-state index contributed by atoms with van der Waals surface area (Å²) in [4.78, 5) is 0. The molecule has 79 valence electrons. The molecule has 0 spiro atoms. The number of hydrogen-bond acceptors (Lipinski definition) is 0. The Bertz CT molecular complexity index is 341. The van der Waals surface area contributed by atoms with Gasteiger partial charge in [0, 0.05) is 44.1 Å². The van der Waals surface area contributed by atoms with Gasteiger partial charge in [-0.15, -0.1) is 11.8 Å². The quantitative estimate of drug-likeness (QED) is 0.644. The molecule has 0 aliphatic rings. The number of allylic oxidation sites excluding steroid dienone is 1. The molecule has 0 aliphatic heterocycles. The zero-order valence-electron chi connectivity index (χ0n) is 8.10. The van der Waals surface area contributed by atoms with Crippen molar-refractivity contribution in [2.75, 3.05) is 0 Å². The summed E-state index contributed by atoms with van der Waals surface area (Å²) in [5.74, 6) is 0. The van der Waals surface area contributed by atoms with Crippen molar-refractivity contribution < 1.29 is 57.2 Å². The van der Waals surface area contributed by atoms with Crippen LogP contribution >= 0.6 is 0 Å². The first kappa shape index (κ1) is 15.0. The van der Waals surface area contributed by atoms with E-state index < -0.39 is 11.7 Å². The molecule has 15 heavy (non-hydrogen) atoms. The van der Waals surface area contributed by atoms with E-state index in [-0.39, 0.29) is 49.8 Å². The van der Waals surface area contributed by atoms with Crippen LogP contribution in [0.1, 0.15) is 18.1 Å². The first-order valence-electron chi connectivity index (χ1n) is 4.00. The third-order valence-electron chi connectivity index (χ3n) is 1.81. The molecule has 1 aromatic rings. The van der Waals surface area contributed by atoms with Gasteiger partial charge in [-0.25, -0.2) is 0 Å². The predicted molar refractivity (Wildman–Crippen MR) is 49.4 cm³/mol. The molecule has 0 heterocycles. The van der Waals surface area contributed by atoms with Gasteiger partial charge in [0.1, 0.15) is 0 Å².